The zero-order chi connectivity index (χ0) is 30.0. The highest BCUT2D eigenvalue weighted by Gasteiger charge is 2.30. The van der Waals surface area contributed by atoms with Crippen molar-refractivity contribution in [1.82, 2.24) is 4.90 Å². The summed E-state index contributed by atoms with van der Waals surface area (Å²) in [6.45, 7) is 14.1. The van der Waals surface area contributed by atoms with Gasteiger partial charge in [0.25, 0.3) is 0 Å². The van der Waals surface area contributed by atoms with Gasteiger partial charge in [0.05, 0.1) is 31.9 Å². The molecule has 0 heterocycles. The number of carbonyl (C=O) groups excluding carboxylic acids is 2. The van der Waals surface area contributed by atoms with Crippen molar-refractivity contribution in [3.8, 4) is 0 Å². The van der Waals surface area contributed by atoms with Gasteiger partial charge in [-0.2, -0.15) is 0 Å². The molecule has 0 aromatic rings. The molecule has 6 heteroatoms. The van der Waals surface area contributed by atoms with Crippen LogP contribution in [0.1, 0.15) is 158 Å². The van der Waals surface area contributed by atoms with E-state index in [9.17, 15) is 14.7 Å². The number of ketones is 1. The quantitative estimate of drug-likeness (QED) is 0.0852. The number of likely N-dealkylation sites (N-methyl/N-ethyl adjacent to an activating group) is 1. The summed E-state index contributed by atoms with van der Waals surface area (Å²) in [5.41, 5.74) is -1.79. The van der Waals surface area contributed by atoms with E-state index in [4.69, 9.17) is 9.47 Å². The van der Waals surface area contributed by atoms with E-state index < -0.39 is 11.2 Å². The fourth-order valence-electron chi connectivity index (χ4n) is 4.23. The van der Waals surface area contributed by atoms with Crippen molar-refractivity contribution in [3.05, 3.63) is 0 Å². The molecule has 0 fully saturated rings. The smallest absolute Gasteiger partial charge is 0.320 e. The van der Waals surface area contributed by atoms with Gasteiger partial charge in [-0.05, 0) is 47.6 Å². The number of Topliss-reactive ketones (excluding diaryl/α,β-unsaturated/α-hetero) is 1. The first-order valence-corrected chi connectivity index (χ1v) is 16.2. The molecular weight excluding hydrogens is 490 g/mol. The highest BCUT2D eigenvalue weighted by Crippen LogP contribution is 2.16. The Morgan fingerprint density at radius 3 is 1.49 bits per heavy atom. The molecule has 0 atom stereocenters. The van der Waals surface area contributed by atoms with Crippen LogP contribution >= 0.6 is 0 Å². The van der Waals surface area contributed by atoms with Gasteiger partial charge in [0.1, 0.15) is 5.60 Å². The lowest BCUT2D eigenvalue weighted by molar-refractivity contribution is -0.147. The van der Waals surface area contributed by atoms with Crippen LogP contribution in [0.5, 0.6) is 0 Å². The first kappa shape index (κ1) is 40.2. The average Bonchev–Trinajstić information content (AvgIpc) is 2.86. The van der Waals surface area contributed by atoms with Crippen molar-refractivity contribution < 1.29 is 24.2 Å². The fourth-order valence-corrected chi connectivity index (χ4v) is 4.23. The molecule has 0 aromatic heterocycles. The lowest BCUT2D eigenvalue weighted by Gasteiger charge is -2.27. The van der Waals surface area contributed by atoms with Crippen molar-refractivity contribution in [1.29, 1.82) is 0 Å². The Labute approximate surface area is 243 Å². The number of unbranched alkanes of at least 4 members (excludes halogenated alkanes) is 15. The molecule has 0 aliphatic heterocycles. The number of ether oxygens (including phenoxy) is 2. The zero-order valence-corrected chi connectivity index (χ0v) is 27.4. The van der Waals surface area contributed by atoms with Crippen molar-refractivity contribution in [2.24, 2.45) is 0 Å². The lowest BCUT2D eigenvalue weighted by atomic mass is 10.0. The standard InChI is InChI=1S/C31H61NO5.C2H6/c1-7-8-9-10-11-12-13-14-15-16-17-18-19-20-21-22-24-36-29(34)27-32(6)26-28(33)31(4,5)37-25-23-30(2,3)35;1-2/h35H,7-27H2,1-6H3;1-2H3. The van der Waals surface area contributed by atoms with E-state index in [0.29, 0.717) is 19.6 Å². The molecule has 0 radical (unpaired) electrons. The first-order valence-electron chi connectivity index (χ1n) is 16.2. The van der Waals surface area contributed by atoms with Crippen molar-refractivity contribution in [3.63, 3.8) is 0 Å². The predicted octanol–water partition coefficient (Wildman–Crippen LogP) is 8.27. The second-order valence-corrected chi connectivity index (χ2v) is 12.0. The SMILES string of the molecule is CC.CCCCCCCCCCCCCCCCCCOC(=O)CN(C)CC(=O)C(C)(C)OCCC(C)(C)O. The Morgan fingerprint density at radius 2 is 1.08 bits per heavy atom. The lowest BCUT2D eigenvalue weighted by Crippen LogP contribution is -2.44. The van der Waals surface area contributed by atoms with E-state index in [2.05, 4.69) is 6.92 Å². The molecular formula is C33H67NO5. The van der Waals surface area contributed by atoms with Gasteiger partial charge in [-0.3, -0.25) is 14.5 Å². The third-order valence-electron chi connectivity index (χ3n) is 6.92. The van der Waals surface area contributed by atoms with Crippen LogP contribution in [0.3, 0.4) is 0 Å². The summed E-state index contributed by atoms with van der Waals surface area (Å²) in [6, 6.07) is 0. The van der Waals surface area contributed by atoms with Crippen LogP contribution in [-0.4, -0.2) is 66.3 Å². The van der Waals surface area contributed by atoms with Gasteiger partial charge >= 0.3 is 5.97 Å². The molecule has 0 rings (SSSR count). The van der Waals surface area contributed by atoms with Crippen LogP contribution in [-0.2, 0) is 19.1 Å². The summed E-state index contributed by atoms with van der Waals surface area (Å²) in [5.74, 6) is -0.395. The minimum Gasteiger partial charge on any atom is -0.465 e. The van der Waals surface area contributed by atoms with Gasteiger partial charge in [-0.1, -0.05) is 117 Å². The summed E-state index contributed by atoms with van der Waals surface area (Å²) < 4.78 is 11.0. The van der Waals surface area contributed by atoms with Crippen LogP contribution in [0.25, 0.3) is 0 Å². The van der Waals surface area contributed by atoms with E-state index in [1.165, 1.54) is 89.9 Å². The molecule has 234 valence electrons. The minimum atomic E-state index is -0.961. The molecule has 0 unspecified atom stereocenters. The second-order valence-electron chi connectivity index (χ2n) is 12.0. The van der Waals surface area contributed by atoms with Crippen LogP contribution in [0, 0.1) is 0 Å². The number of rotatable bonds is 26. The molecule has 0 aromatic carbocycles. The zero-order valence-electron chi connectivity index (χ0n) is 27.4. The number of nitrogens with zero attached hydrogens (tertiary/aromatic N) is 1. The minimum absolute atomic E-state index is 0.0876. The highest BCUT2D eigenvalue weighted by molar-refractivity contribution is 5.88. The molecule has 0 bridgehead atoms. The van der Waals surface area contributed by atoms with Crippen molar-refractivity contribution in [2.75, 3.05) is 33.4 Å². The number of esters is 1. The largest absolute Gasteiger partial charge is 0.465 e. The highest BCUT2D eigenvalue weighted by atomic mass is 16.5. The van der Waals surface area contributed by atoms with Crippen LogP contribution in [0.4, 0.5) is 0 Å². The molecule has 0 spiro atoms. The Balaban J connectivity index is 0. The third kappa shape index (κ3) is 28.3. The maximum atomic E-state index is 12.6. The molecule has 0 aliphatic carbocycles. The molecule has 6 nitrogen and oxygen atoms in total. The average molecular weight is 558 g/mol. The Kier molecular flexibility index (Phi) is 26.7. The van der Waals surface area contributed by atoms with Gasteiger partial charge in [0.15, 0.2) is 5.78 Å². The Bertz CT molecular complexity index is 571. The number of hydrogen-bond donors (Lipinski definition) is 1. The van der Waals surface area contributed by atoms with E-state index in [-0.39, 0.29) is 24.8 Å². The molecule has 0 amide bonds. The number of aliphatic hydroxyl groups is 1. The molecule has 1 N–H and O–H groups in total. The van der Waals surface area contributed by atoms with E-state index in [0.717, 1.165) is 12.8 Å². The van der Waals surface area contributed by atoms with Gasteiger partial charge in [-0.15, -0.1) is 0 Å². The maximum absolute atomic E-state index is 12.6. The molecule has 0 saturated carbocycles. The van der Waals surface area contributed by atoms with Crippen LogP contribution in [0.15, 0.2) is 0 Å². The fraction of sp³-hybridized carbons (Fsp3) is 0.939. The second kappa shape index (κ2) is 26.0. The Morgan fingerprint density at radius 1 is 0.667 bits per heavy atom. The van der Waals surface area contributed by atoms with Crippen molar-refractivity contribution >= 4 is 11.8 Å². The summed E-state index contributed by atoms with van der Waals surface area (Å²) >= 11 is 0. The summed E-state index contributed by atoms with van der Waals surface area (Å²) in [4.78, 5) is 26.3. The van der Waals surface area contributed by atoms with E-state index >= 15 is 0 Å². The van der Waals surface area contributed by atoms with Crippen LogP contribution < -0.4 is 0 Å². The van der Waals surface area contributed by atoms with E-state index in [1.54, 1.807) is 39.6 Å². The van der Waals surface area contributed by atoms with E-state index in [1.807, 2.05) is 13.8 Å². The summed E-state index contributed by atoms with van der Waals surface area (Å²) in [6.07, 6.45) is 21.5. The normalized spacial score (nSPS) is 11.8. The molecule has 0 saturated heterocycles. The maximum Gasteiger partial charge on any atom is 0.320 e. The van der Waals surface area contributed by atoms with Crippen molar-refractivity contribution in [2.45, 2.75) is 169 Å². The third-order valence-corrected chi connectivity index (χ3v) is 6.92. The first-order chi connectivity index (χ1) is 18.5. The van der Waals surface area contributed by atoms with Gasteiger partial charge < -0.3 is 14.6 Å². The Hall–Kier alpha value is -0.980. The summed E-state index contributed by atoms with van der Waals surface area (Å²) in [7, 11) is 1.74. The van der Waals surface area contributed by atoms with Crippen LogP contribution in [0.2, 0.25) is 0 Å². The van der Waals surface area contributed by atoms with Gasteiger partial charge in [0.2, 0.25) is 0 Å². The number of hydrogen-bond acceptors (Lipinski definition) is 6. The number of carbonyl (C=O) groups is 2. The summed E-state index contributed by atoms with van der Waals surface area (Å²) in [5, 5.41) is 9.79. The predicted molar refractivity (Wildman–Crippen MR) is 165 cm³/mol. The molecule has 0 aliphatic rings. The van der Waals surface area contributed by atoms with Gasteiger partial charge in [0, 0.05) is 0 Å². The monoisotopic (exact) mass is 558 g/mol. The van der Waals surface area contributed by atoms with Gasteiger partial charge in [-0.25, -0.2) is 0 Å². The topological polar surface area (TPSA) is 76.1 Å². The molecule has 39 heavy (non-hydrogen) atoms.